The minimum Gasteiger partial charge on any atom is -0.385 e. The second-order valence-corrected chi connectivity index (χ2v) is 7.09. The highest BCUT2D eigenvalue weighted by Crippen LogP contribution is 2.17. The highest BCUT2D eigenvalue weighted by Gasteiger charge is 2.14. The van der Waals surface area contributed by atoms with Gasteiger partial charge in [-0.2, -0.15) is 0 Å². The lowest BCUT2D eigenvalue weighted by atomic mass is 10.2. The van der Waals surface area contributed by atoms with Gasteiger partial charge in [0.25, 0.3) is 0 Å². The molecule has 6 heteroatoms. The zero-order chi connectivity index (χ0) is 15.3. The number of benzene rings is 2. The van der Waals surface area contributed by atoms with Gasteiger partial charge in [-0.3, -0.25) is 0 Å². The molecular weight excluding hydrogens is 352 g/mol. The fourth-order valence-corrected chi connectivity index (χ4v) is 3.29. The molecule has 0 heterocycles. The van der Waals surface area contributed by atoms with Crippen LogP contribution in [-0.2, 0) is 16.6 Å². The normalized spacial score (nSPS) is 11.3. The van der Waals surface area contributed by atoms with E-state index in [2.05, 4.69) is 26.0 Å². The molecule has 2 aromatic carbocycles. The second-order valence-electron chi connectivity index (χ2n) is 4.47. The van der Waals surface area contributed by atoms with Crippen molar-refractivity contribution >= 4 is 31.6 Å². The van der Waals surface area contributed by atoms with E-state index in [9.17, 15) is 8.42 Å². The predicted molar refractivity (Wildman–Crippen MR) is 88.8 cm³/mol. The lowest BCUT2D eigenvalue weighted by Gasteiger charge is -2.09. The van der Waals surface area contributed by atoms with E-state index in [1.165, 1.54) is 0 Å². The predicted octanol–water partition coefficient (Wildman–Crippen LogP) is 3.36. The summed E-state index contributed by atoms with van der Waals surface area (Å²) in [4.78, 5) is 0.260. The first kappa shape index (κ1) is 16.0. The number of hydrogen-bond donors (Lipinski definition) is 2. The molecule has 0 bridgehead atoms. The third-order valence-corrected chi connectivity index (χ3v) is 5.15. The molecule has 0 saturated heterocycles. The van der Waals surface area contributed by atoms with E-state index in [-0.39, 0.29) is 11.4 Å². The minimum absolute atomic E-state index is 0.249. The standard InChI is InChI=1S/C15H17BrN2O2S/c1-2-17-13-7-9-14(10-8-13)21(19,20)18-11-12-5-3-4-6-15(12)16/h3-10,17-18H,2,11H2,1H3. The lowest BCUT2D eigenvalue weighted by molar-refractivity contribution is 0.581. The molecule has 0 saturated carbocycles. The van der Waals surface area contributed by atoms with Crippen LogP contribution in [0.4, 0.5) is 5.69 Å². The summed E-state index contributed by atoms with van der Waals surface area (Å²) in [7, 11) is -3.51. The molecule has 4 nitrogen and oxygen atoms in total. The van der Waals surface area contributed by atoms with Crippen molar-refractivity contribution in [3.05, 3.63) is 58.6 Å². The SMILES string of the molecule is CCNc1ccc(S(=O)(=O)NCc2ccccc2Br)cc1. The van der Waals surface area contributed by atoms with Gasteiger partial charge in [-0.15, -0.1) is 0 Å². The first-order valence-corrected chi connectivity index (χ1v) is 8.87. The first-order chi connectivity index (χ1) is 10.0. The van der Waals surface area contributed by atoms with Crippen LogP contribution in [0.25, 0.3) is 0 Å². The van der Waals surface area contributed by atoms with E-state index in [1.54, 1.807) is 24.3 Å². The molecule has 112 valence electrons. The van der Waals surface area contributed by atoms with Crippen LogP contribution in [0.15, 0.2) is 57.9 Å². The summed E-state index contributed by atoms with van der Waals surface area (Å²) < 4.78 is 28.0. The van der Waals surface area contributed by atoms with E-state index >= 15 is 0 Å². The van der Waals surface area contributed by atoms with Crippen molar-refractivity contribution in [1.29, 1.82) is 0 Å². The summed E-state index contributed by atoms with van der Waals surface area (Å²) in [5, 5.41) is 3.13. The van der Waals surface area contributed by atoms with Crippen LogP contribution in [-0.4, -0.2) is 15.0 Å². The van der Waals surface area contributed by atoms with Gasteiger partial charge < -0.3 is 5.32 Å². The molecule has 0 spiro atoms. The van der Waals surface area contributed by atoms with Gasteiger partial charge in [-0.05, 0) is 42.8 Å². The minimum atomic E-state index is -3.51. The monoisotopic (exact) mass is 368 g/mol. The van der Waals surface area contributed by atoms with Crippen LogP contribution in [0, 0.1) is 0 Å². The van der Waals surface area contributed by atoms with Crippen LogP contribution in [0.2, 0.25) is 0 Å². The topological polar surface area (TPSA) is 58.2 Å². The Morgan fingerprint density at radius 2 is 1.71 bits per heavy atom. The van der Waals surface area contributed by atoms with Crippen molar-refractivity contribution < 1.29 is 8.42 Å². The van der Waals surface area contributed by atoms with Crippen molar-refractivity contribution in [2.45, 2.75) is 18.4 Å². The fraction of sp³-hybridized carbons (Fsp3) is 0.200. The second kappa shape index (κ2) is 7.06. The van der Waals surface area contributed by atoms with Crippen molar-refractivity contribution in [2.75, 3.05) is 11.9 Å². The molecule has 0 amide bonds. The maximum Gasteiger partial charge on any atom is 0.240 e. The summed E-state index contributed by atoms with van der Waals surface area (Å²) >= 11 is 3.40. The Morgan fingerprint density at radius 3 is 2.33 bits per heavy atom. The molecule has 2 N–H and O–H groups in total. The van der Waals surface area contributed by atoms with Gasteiger partial charge in [-0.25, -0.2) is 13.1 Å². The lowest BCUT2D eigenvalue weighted by Crippen LogP contribution is -2.23. The highest BCUT2D eigenvalue weighted by molar-refractivity contribution is 9.10. The number of hydrogen-bond acceptors (Lipinski definition) is 3. The Labute approximate surface area is 133 Å². The zero-order valence-electron chi connectivity index (χ0n) is 11.6. The molecule has 0 unspecified atom stereocenters. The highest BCUT2D eigenvalue weighted by atomic mass is 79.9. The molecule has 0 atom stereocenters. The molecular formula is C15H17BrN2O2S. The van der Waals surface area contributed by atoms with Crippen LogP contribution in [0.5, 0.6) is 0 Å². The Bertz CT molecular complexity index is 700. The van der Waals surface area contributed by atoms with E-state index in [4.69, 9.17) is 0 Å². The van der Waals surface area contributed by atoms with Gasteiger partial charge in [0.2, 0.25) is 10.0 Å². The number of nitrogens with one attached hydrogen (secondary N) is 2. The Morgan fingerprint density at radius 1 is 1.05 bits per heavy atom. The van der Waals surface area contributed by atoms with Crippen molar-refractivity contribution in [3.63, 3.8) is 0 Å². The van der Waals surface area contributed by atoms with Crippen molar-refractivity contribution in [3.8, 4) is 0 Å². The van der Waals surface area contributed by atoms with Crippen LogP contribution in [0.3, 0.4) is 0 Å². The summed E-state index contributed by atoms with van der Waals surface area (Å²) in [5.74, 6) is 0. The molecule has 2 aromatic rings. The molecule has 0 aliphatic carbocycles. The average Bonchev–Trinajstić information content (AvgIpc) is 2.47. The average molecular weight is 369 g/mol. The van der Waals surface area contributed by atoms with E-state index in [0.29, 0.717) is 0 Å². The number of halogens is 1. The molecule has 0 radical (unpaired) electrons. The smallest absolute Gasteiger partial charge is 0.240 e. The number of rotatable bonds is 6. The molecule has 0 aliphatic rings. The van der Waals surface area contributed by atoms with Gasteiger partial charge in [0.05, 0.1) is 4.90 Å². The number of sulfonamides is 1. The van der Waals surface area contributed by atoms with Crippen molar-refractivity contribution in [2.24, 2.45) is 0 Å². The van der Waals surface area contributed by atoms with Crippen LogP contribution < -0.4 is 10.0 Å². The van der Waals surface area contributed by atoms with Gasteiger partial charge in [-0.1, -0.05) is 34.1 Å². The molecule has 21 heavy (non-hydrogen) atoms. The maximum absolute atomic E-state index is 12.2. The van der Waals surface area contributed by atoms with E-state index < -0.39 is 10.0 Å². The summed E-state index contributed by atoms with van der Waals surface area (Å²) in [6.07, 6.45) is 0. The quantitative estimate of drug-likeness (QED) is 0.821. The third-order valence-electron chi connectivity index (χ3n) is 2.96. The molecule has 0 aromatic heterocycles. The fourth-order valence-electron chi connectivity index (χ4n) is 1.85. The van der Waals surface area contributed by atoms with Crippen LogP contribution >= 0.6 is 15.9 Å². The Kier molecular flexibility index (Phi) is 5.39. The summed E-state index contributed by atoms with van der Waals surface area (Å²) in [6.45, 7) is 3.04. The molecule has 0 aliphatic heterocycles. The summed E-state index contributed by atoms with van der Waals surface area (Å²) in [6, 6.07) is 14.2. The largest absolute Gasteiger partial charge is 0.385 e. The van der Waals surface area contributed by atoms with E-state index in [1.807, 2.05) is 31.2 Å². The maximum atomic E-state index is 12.2. The third kappa shape index (κ3) is 4.30. The van der Waals surface area contributed by atoms with E-state index in [0.717, 1.165) is 22.3 Å². The van der Waals surface area contributed by atoms with Crippen LogP contribution in [0.1, 0.15) is 12.5 Å². The van der Waals surface area contributed by atoms with Gasteiger partial charge in [0, 0.05) is 23.2 Å². The summed E-state index contributed by atoms with van der Waals surface area (Å²) in [5.41, 5.74) is 1.80. The van der Waals surface area contributed by atoms with Crippen molar-refractivity contribution in [1.82, 2.24) is 4.72 Å². The Balaban J connectivity index is 2.09. The van der Waals surface area contributed by atoms with Gasteiger partial charge in [0.15, 0.2) is 0 Å². The molecule has 0 fully saturated rings. The molecule has 2 rings (SSSR count). The first-order valence-electron chi connectivity index (χ1n) is 6.60. The number of anilines is 1. The van der Waals surface area contributed by atoms with Gasteiger partial charge >= 0.3 is 0 Å². The van der Waals surface area contributed by atoms with Gasteiger partial charge in [0.1, 0.15) is 0 Å². The Hall–Kier alpha value is -1.37. The zero-order valence-corrected chi connectivity index (χ0v) is 14.0.